The molecule has 12 heavy (non-hydrogen) atoms. The van der Waals surface area contributed by atoms with Gasteiger partial charge in [-0.15, -0.1) is 4.68 Å². The van der Waals surface area contributed by atoms with Gasteiger partial charge in [-0.2, -0.15) is 4.68 Å². The van der Waals surface area contributed by atoms with E-state index in [0.717, 1.165) is 4.68 Å². The molecule has 0 atom stereocenters. The molecular formula is C6H4N4O2. The maximum atomic E-state index is 11.2. The average Bonchev–Trinajstić information content (AvgIpc) is 2.01. The van der Waals surface area contributed by atoms with E-state index >= 15 is 0 Å². The Hall–Kier alpha value is -1.94. The van der Waals surface area contributed by atoms with E-state index in [1.807, 2.05) is 0 Å². The lowest BCUT2D eigenvalue weighted by Gasteiger charge is -2.04. The molecule has 0 saturated heterocycles. The van der Waals surface area contributed by atoms with Crippen molar-refractivity contribution in [2.24, 2.45) is 10.2 Å². The number of hydrogen-bond acceptors (Lipinski definition) is 4. The first-order chi connectivity index (χ1) is 5.70. The van der Waals surface area contributed by atoms with Gasteiger partial charge in [-0.25, -0.2) is 4.79 Å². The van der Waals surface area contributed by atoms with Crippen molar-refractivity contribution in [3.05, 3.63) is 32.6 Å². The van der Waals surface area contributed by atoms with Crippen molar-refractivity contribution in [3.63, 3.8) is 0 Å². The summed E-state index contributed by atoms with van der Waals surface area (Å²) >= 11 is 0. The molecule has 2 heterocycles. The van der Waals surface area contributed by atoms with Gasteiger partial charge in [0.05, 0.1) is 5.69 Å². The van der Waals surface area contributed by atoms with E-state index in [2.05, 4.69) is 16.2 Å². The van der Waals surface area contributed by atoms with Crippen LogP contribution in [0.3, 0.4) is 0 Å². The largest absolute Gasteiger partial charge is 0.374 e. The van der Waals surface area contributed by atoms with Gasteiger partial charge >= 0.3 is 5.69 Å². The maximum absolute atomic E-state index is 11.2. The summed E-state index contributed by atoms with van der Waals surface area (Å²) in [5.41, 5.74) is -0.543. The van der Waals surface area contributed by atoms with Crippen LogP contribution in [0.25, 0.3) is 0 Å². The van der Waals surface area contributed by atoms with Crippen LogP contribution in [0.5, 0.6) is 0 Å². The number of nitrogens with zero attached hydrogens (tertiary/aromatic N) is 4. The highest BCUT2D eigenvalue weighted by Gasteiger charge is 2.08. The highest BCUT2D eigenvalue weighted by atomic mass is 16.2. The lowest BCUT2D eigenvalue weighted by atomic mass is 10.4. The first-order valence-corrected chi connectivity index (χ1v) is 3.23. The molecule has 1 aromatic rings. The molecule has 0 unspecified atom stereocenters. The van der Waals surface area contributed by atoms with Crippen LogP contribution >= 0.6 is 0 Å². The van der Waals surface area contributed by atoms with Crippen LogP contribution in [-0.2, 0) is 0 Å². The topological polar surface area (TPSA) is 68.7 Å². The molecule has 0 spiro atoms. The van der Waals surface area contributed by atoms with E-state index < -0.39 is 11.2 Å². The molecule has 0 fully saturated rings. The summed E-state index contributed by atoms with van der Waals surface area (Å²) in [6, 6.07) is 3.48. The van der Waals surface area contributed by atoms with Gasteiger partial charge in [0.25, 0.3) is 5.56 Å². The fraction of sp³-hybridized carbons (Fsp3) is 0.167. The molecule has 2 rings (SSSR count). The van der Waals surface area contributed by atoms with Crippen molar-refractivity contribution in [2.45, 2.75) is 6.92 Å². The molecule has 0 N–H and O–H groups in total. The molecule has 0 aromatic carbocycles. The molecular weight excluding hydrogens is 160 g/mol. The van der Waals surface area contributed by atoms with E-state index in [9.17, 15) is 9.59 Å². The van der Waals surface area contributed by atoms with Gasteiger partial charge in [0.1, 0.15) is 6.01 Å². The van der Waals surface area contributed by atoms with E-state index in [0.29, 0.717) is 10.4 Å². The second-order valence-corrected chi connectivity index (χ2v) is 2.33. The van der Waals surface area contributed by atoms with Crippen molar-refractivity contribution < 1.29 is 0 Å². The van der Waals surface area contributed by atoms with E-state index in [-0.39, 0.29) is 0 Å². The van der Waals surface area contributed by atoms with Gasteiger partial charge in [0, 0.05) is 6.07 Å². The third kappa shape index (κ3) is 0.694. The lowest BCUT2D eigenvalue weighted by molar-refractivity contribution is 0.627. The molecule has 0 aliphatic carbocycles. The molecule has 1 aliphatic rings. The summed E-state index contributed by atoms with van der Waals surface area (Å²) in [5, 5.41) is 6.93. The van der Waals surface area contributed by atoms with E-state index in [1.165, 1.54) is 6.07 Å². The monoisotopic (exact) mass is 164 g/mol. The number of aromatic nitrogens is 2. The number of rotatable bonds is 0. The van der Waals surface area contributed by atoms with Crippen LogP contribution in [-0.4, -0.2) is 15.4 Å². The molecule has 0 amide bonds. The SMILES string of the molecule is Cc1cc(=O)n2c(=O)n1N=C=N2. The zero-order valence-corrected chi connectivity index (χ0v) is 6.18. The summed E-state index contributed by atoms with van der Waals surface area (Å²) in [6.45, 7) is 1.61. The minimum absolute atomic E-state index is 0.462. The van der Waals surface area contributed by atoms with Crippen molar-refractivity contribution in [1.29, 1.82) is 0 Å². The van der Waals surface area contributed by atoms with Crippen molar-refractivity contribution in [1.82, 2.24) is 9.35 Å². The molecule has 1 aliphatic heterocycles. The fourth-order valence-corrected chi connectivity index (χ4v) is 0.959. The Kier molecular flexibility index (Phi) is 1.14. The minimum atomic E-state index is -0.557. The van der Waals surface area contributed by atoms with Gasteiger partial charge in [0.15, 0.2) is 0 Å². The van der Waals surface area contributed by atoms with E-state index in [1.54, 1.807) is 6.92 Å². The summed E-state index contributed by atoms with van der Waals surface area (Å²) in [4.78, 5) is 22.2. The Labute approximate surface area is 66.1 Å². The first-order valence-electron chi connectivity index (χ1n) is 3.23. The maximum Gasteiger partial charge on any atom is 0.374 e. The molecule has 1 aromatic heterocycles. The zero-order chi connectivity index (χ0) is 8.72. The Balaban J connectivity index is 3.09. The van der Waals surface area contributed by atoms with Crippen molar-refractivity contribution in [3.8, 4) is 0 Å². The molecule has 2 bridgehead atoms. The molecule has 0 radical (unpaired) electrons. The Bertz CT molecular complexity index is 515. The first kappa shape index (κ1) is 6.75. The van der Waals surface area contributed by atoms with Crippen molar-refractivity contribution >= 4 is 6.01 Å². The van der Waals surface area contributed by atoms with Crippen LogP contribution in [0.15, 0.2) is 25.9 Å². The minimum Gasteiger partial charge on any atom is -0.267 e. The average molecular weight is 164 g/mol. The number of hydrogen-bond donors (Lipinski definition) is 0. The van der Waals surface area contributed by atoms with Crippen LogP contribution in [0.4, 0.5) is 0 Å². The van der Waals surface area contributed by atoms with Crippen LogP contribution in [0.2, 0.25) is 0 Å². The molecule has 60 valence electrons. The summed E-state index contributed by atoms with van der Waals surface area (Å²) in [7, 11) is 0. The molecule has 6 heteroatoms. The fourth-order valence-electron chi connectivity index (χ4n) is 0.959. The molecule has 0 saturated carbocycles. The predicted octanol–water partition coefficient (Wildman–Crippen LogP) is -0.968. The third-order valence-electron chi connectivity index (χ3n) is 1.53. The van der Waals surface area contributed by atoms with Crippen LogP contribution < -0.4 is 11.2 Å². The normalized spacial score (nSPS) is 12.1. The van der Waals surface area contributed by atoms with Gasteiger partial charge in [-0.1, -0.05) is 10.2 Å². The summed E-state index contributed by atoms with van der Waals surface area (Å²) < 4.78 is 1.77. The number of aryl methyl sites for hydroxylation is 1. The second kappa shape index (κ2) is 2.02. The Morgan fingerprint density at radius 3 is 2.75 bits per heavy atom. The van der Waals surface area contributed by atoms with Gasteiger partial charge in [-0.3, -0.25) is 4.79 Å². The smallest absolute Gasteiger partial charge is 0.267 e. The van der Waals surface area contributed by atoms with Gasteiger partial charge < -0.3 is 0 Å². The lowest BCUT2D eigenvalue weighted by Crippen LogP contribution is -2.38. The van der Waals surface area contributed by atoms with Gasteiger partial charge in [-0.05, 0) is 6.92 Å². The summed E-state index contributed by atoms with van der Waals surface area (Å²) in [6.07, 6.45) is 0. The standard InChI is InChI=1S/C6H4N4O2/c1-4-2-5(11)10-6(12)9(4)7-3-8-10/h2H,1H3. The second-order valence-electron chi connectivity index (χ2n) is 2.33. The van der Waals surface area contributed by atoms with Crippen LogP contribution in [0.1, 0.15) is 5.69 Å². The predicted molar refractivity (Wildman–Crippen MR) is 40.4 cm³/mol. The third-order valence-corrected chi connectivity index (χ3v) is 1.53. The van der Waals surface area contributed by atoms with Gasteiger partial charge in [0.2, 0.25) is 0 Å². The quantitative estimate of drug-likeness (QED) is 0.502. The highest BCUT2D eigenvalue weighted by Crippen LogP contribution is 1.90. The summed E-state index contributed by atoms with van der Waals surface area (Å²) in [5.74, 6) is 0. The van der Waals surface area contributed by atoms with Crippen molar-refractivity contribution in [2.75, 3.05) is 0 Å². The Morgan fingerprint density at radius 2 is 2.00 bits per heavy atom. The number of fused-ring (bicyclic) bond motifs is 2. The van der Waals surface area contributed by atoms with E-state index in [4.69, 9.17) is 0 Å². The zero-order valence-electron chi connectivity index (χ0n) is 6.18. The molecule has 6 nitrogen and oxygen atoms in total. The van der Waals surface area contributed by atoms with Crippen LogP contribution in [0, 0.1) is 6.92 Å². The highest BCUT2D eigenvalue weighted by molar-refractivity contribution is 5.41. The Morgan fingerprint density at radius 1 is 1.33 bits per heavy atom.